The fraction of sp³-hybridized carbons (Fsp3) is 0.250. The lowest BCUT2D eigenvalue weighted by atomic mass is 10.2. The van der Waals surface area contributed by atoms with E-state index in [0.717, 1.165) is 48.5 Å². The second-order valence-corrected chi connectivity index (χ2v) is 9.30. The van der Waals surface area contributed by atoms with Gasteiger partial charge in [-0.2, -0.15) is 0 Å². The summed E-state index contributed by atoms with van der Waals surface area (Å²) in [4.78, 5) is 16.9. The monoisotopic (exact) mass is 485 g/mol. The number of halogens is 1. The zero-order valence-electron chi connectivity index (χ0n) is 17.7. The number of fused-ring (bicyclic) bond motifs is 1. The van der Waals surface area contributed by atoms with Crippen molar-refractivity contribution in [1.29, 1.82) is 0 Å². The summed E-state index contributed by atoms with van der Waals surface area (Å²) in [7, 11) is 1.35. The zero-order chi connectivity index (χ0) is 22.5. The lowest BCUT2D eigenvalue weighted by Gasteiger charge is -2.35. The number of rotatable bonds is 5. The number of esters is 1. The third kappa shape index (κ3) is 5.30. The first-order valence-corrected chi connectivity index (χ1v) is 12.0. The normalized spacial score (nSPS) is 14.8. The highest BCUT2D eigenvalue weighted by Crippen LogP contribution is 2.37. The van der Waals surface area contributed by atoms with Crippen molar-refractivity contribution in [1.82, 2.24) is 9.80 Å². The standard InChI is InChI=1S/C24H24ClN3O2S2/c1-30-23(29)22-21(25)19-10-9-18(16-20(19)32-22)26-24(31)28-14-12-27(13-15-28)11-5-8-17-6-3-2-4-7-17/h2-10,16H,11-15H2,1H3,(H,26,31). The van der Waals surface area contributed by atoms with Crippen LogP contribution in [0.4, 0.5) is 5.69 Å². The summed E-state index contributed by atoms with van der Waals surface area (Å²) < 4.78 is 5.73. The van der Waals surface area contributed by atoms with Gasteiger partial charge in [0.25, 0.3) is 0 Å². The number of methoxy groups -OCH3 is 1. The fourth-order valence-electron chi connectivity index (χ4n) is 3.60. The van der Waals surface area contributed by atoms with Crippen molar-refractivity contribution in [2.75, 3.05) is 45.2 Å². The number of hydrogen-bond acceptors (Lipinski definition) is 5. The molecule has 5 nitrogen and oxygen atoms in total. The van der Waals surface area contributed by atoms with Gasteiger partial charge < -0.3 is 15.0 Å². The van der Waals surface area contributed by atoms with Crippen molar-refractivity contribution in [3.05, 3.63) is 70.1 Å². The van der Waals surface area contributed by atoms with E-state index in [9.17, 15) is 4.79 Å². The predicted molar refractivity (Wildman–Crippen MR) is 138 cm³/mol. The molecule has 1 fully saturated rings. The van der Waals surface area contributed by atoms with Gasteiger partial charge in [-0.3, -0.25) is 4.90 Å². The van der Waals surface area contributed by atoms with E-state index in [4.69, 9.17) is 28.6 Å². The van der Waals surface area contributed by atoms with Gasteiger partial charge in [-0.25, -0.2) is 4.79 Å². The van der Waals surface area contributed by atoms with Crippen LogP contribution in [0.15, 0.2) is 54.6 Å². The van der Waals surface area contributed by atoms with E-state index in [1.807, 2.05) is 24.3 Å². The Morgan fingerprint density at radius 3 is 2.66 bits per heavy atom. The molecule has 8 heteroatoms. The van der Waals surface area contributed by atoms with Crippen LogP contribution < -0.4 is 5.32 Å². The van der Waals surface area contributed by atoms with Gasteiger partial charge in [0.15, 0.2) is 5.11 Å². The number of ether oxygens (including phenoxy) is 1. The summed E-state index contributed by atoms with van der Waals surface area (Å²) in [5, 5.41) is 5.31. The smallest absolute Gasteiger partial charge is 0.349 e. The van der Waals surface area contributed by atoms with E-state index in [1.54, 1.807) is 0 Å². The molecule has 0 spiro atoms. The van der Waals surface area contributed by atoms with Crippen molar-refractivity contribution in [3.63, 3.8) is 0 Å². The molecule has 2 heterocycles. The van der Waals surface area contributed by atoms with Gasteiger partial charge in [0.2, 0.25) is 0 Å². The Bertz CT molecular complexity index is 1140. The Morgan fingerprint density at radius 2 is 1.94 bits per heavy atom. The number of hydrogen-bond donors (Lipinski definition) is 1. The average Bonchev–Trinajstić information content (AvgIpc) is 3.15. The van der Waals surface area contributed by atoms with Crippen LogP contribution in [-0.4, -0.2) is 60.7 Å². The van der Waals surface area contributed by atoms with Gasteiger partial charge in [-0.1, -0.05) is 54.1 Å². The number of thiophene rings is 1. The number of anilines is 1. The molecule has 0 aliphatic carbocycles. The van der Waals surface area contributed by atoms with E-state index in [0.29, 0.717) is 15.0 Å². The molecule has 0 unspecified atom stereocenters. The first kappa shape index (κ1) is 22.7. The van der Waals surface area contributed by atoms with Crippen molar-refractivity contribution in [2.24, 2.45) is 0 Å². The van der Waals surface area contributed by atoms with Gasteiger partial charge in [0, 0.05) is 48.5 Å². The summed E-state index contributed by atoms with van der Waals surface area (Å²) in [6.45, 7) is 4.61. The molecule has 0 radical (unpaired) electrons. The minimum Gasteiger partial charge on any atom is -0.465 e. The number of nitrogens with one attached hydrogen (secondary N) is 1. The summed E-state index contributed by atoms with van der Waals surface area (Å²) in [6.07, 6.45) is 4.38. The topological polar surface area (TPSA) is 44.8 Å². The molecule has 1 aliphatic rings. The zero-order valence-corrected chi connectivity index (χ0v) is 20.1. The van der Waals surface area contributed by atoms with Gasteiger partial charge >= 0.3 is 5.97 Å². The molecule has 1 saturated heterocycles. The van der Waals surface area contributed by atoms with Crippen LogP contribution in [0.3, 0.4) is 0 Å². The van der Waals surface area contributed by atoms with Crippen LogP contribution in [0.2, 0.25) is 5.02 Å². The van der Waals surface area contributed by atoms with E-state index in [1.165, 1.54) is 24.0 Å². The molecule has 2 aromatic carbocycles. The molecule has 1 aliphatic heterocycles. The Hall–Kier alpha value is -2.45. The quantitative estimate of drug-likeness (QED) is 0.387. The van der Waals surface area contributed by atoms with E-state index in [-0.39, 0.29) is 0 Å². The van der Waals surface area contributed by atoms with Crippen molar-refractivity contribution < 1.29 is 9.53 Å². The molecule has 4 rings (SSSR count). The molecule has 0 bridgehead atoms. The second-order valence-electron chi connectivity index (χ2n) is 7.48. The summed E-state index contributed by atoms with van der Waals surface area (Å²) in [5.74, 6) is -0.419. The minimum atomic E-state index is -0.419. The van der Waals surface area contributed by atoms with Crippen LogP contribution >= 0.6 is 35.2 Å². The molecule has 0 amide bonds. The van der Waals surface area contributed by atoms with E-state index < -0.39 is 5.97 Å². The maximum absolute atomic E-state index is 11.9. The number of carbonyl (C=O) groups excluding carboxylic acids is 1. The minimum absolute atomic E-state index is 0.418. The molecule has 0 saturated carbocycles. The van der Waals surface area contributed by atoms with Crippen LogP contribution in [0.5, 0.6) is 0 Å². The lowest BCUT2D eigenvalue weighted by molar-refractivity contribution is 0.0606. The summed E-state index contributed by atoms with van der Waals surface area (Å²) >= 11 is 13.3. The molecule has 0 atom stereocenters. The number of thiocarbonyl (C=S) groups is 1. The molecule has 166 valence electrons. The number of benzene rings is 2. The molecular formula is C24H24ClN3O2S2. The summed E-state index contributed by atoms with van der Waals surface area (Å²) in [5.41, 5.74) is 2.10. The van der Waals surface area contributed by atoms with Gasteiger partial charge in [0.1, 0.15) is 4.88 Å². The third-order valence-corrected chi connectivity index (χ3v) is 7.38. The van der Waals surface area contributed by atoms with Crippen LogP contribution in [0.25, 0.3) is 16.2 Å². The van der Waals surface area contributed by atoms with Gasteiger partial charge in [-0.05, 0) is 36.0 Å². The van der Waals surface area contributed by atoms with Crippen LogP contribution in [0, 0.1) is 0 Å². The molecule has 1 aromatic heterocycles. The maximum atomic E-state index is 11.9. The largest absolute Gasteiger partial charge is 0.465 e. The third-order valence-electron chi connectivity index (χ3n) is 5.38. The van der Waals surface area contributed by atoms with Crippen molar-refractivity contribution in [2.45, 2.75) is 0 Å². The molecule has 1 N–H and O–H groups in total. The van der Waals surface area contributed by atoms with Gasteiger partial charge in [0.05, 0.1) is 12.1 Å². The average molecular weight is 486 g/mol. The Kier molecular flexibility index (Phi) is 7.42. The predicted octanol–water partition coefficient (Wildman–Crippen LogP) is 5.37. The van der Waals surface area contributed by atoms with Crippen LogP contribution in [0.1, 0.15) is 15.2 Å². The number of carbonyl (C=O) groups is 1. The van der Waals surface area contributed by atoms with Crippen molar-refractivity contribution >= 4 is 68.1 Å². The van der Waals surface area contributed by atoms with Crippen LogP contribution in [-0.2, 0) is 4.74 Å². The number of nitrogens with zero attached hydrogens (tertiary/aromatic N) is 2. The van der Waals surface area contributed by atoms with Crippen molar-refractivity contribution in [3.8, 4) is 0 Å². The molecule has 32 heavy (non-hydrogen) atoms. The highest BCUT2D eigenvalue weighted by atomic mass is 35.5. The number of piperazine rings is 1. The Balaban J connectivity index is 1.31. The molecular weight excluding hydrogens is 462 g/mol. The Morgan fingerprint density at radius 1 is 1.19 bits per heavy atom. The highest BCUT2D eigenvalue weighted by Gasteiger charge is 2.20. The maximum Gasteiger partial charge on any atom is 0.349 e. The highest BCUT2D eigenvalue weighted by molar-refractivity contribution is 7.80. The first-order chi connectivity index (χ1) is 15.5. The lowest BCUT2D eigenvalue weighted by Crippen LogP contribution is -2.49. The van der Waals surface area contributed by atoms with E-state index >= 15 is 0 Å². The summed E-state index contributed by atoms with van der Waals surface area (Å²) in [6, 6.07) is 16.1. The van der Waals surface area contributed by atoms with E-state index in [2.05, 4.69) is 51.5 Å². The fourth-order valence-corrected chi connectivity index (χ4v) is 5.37. The second kappa shape index (κ2) is 10.4. The SMILES string of the molecule is COC(=O)c1sc2cc(NC(=S)N3CCN(CC=Cc4ccccc4)CC3)ccc2c1Cl. The first-order valence-electron chi connectivity index (χ1n) is 10.4. The van der Waals surface area contributed by atoms with Gasteiger partial charge in [-0.15, -0.1) is 11.3 Å². The molecule has 3 aromatic rings. The Labute approximate surface area is 202 Å².